The quantitative estimate of drug-likeness (QED) is 0.803. The van der Waals surface area contributed by atoms with E-state index in [2.05, 4.69) is 35.0 Å². The lowest BCUT2D eigenvalue weighted by molar-refractivity contribution is 0.0734. The van der Waals surface area contributed by atoms with Gasteiger partial charge in [0.05, 0.1) is 9.89 Å². The fraction of sp³-hybridized carbons (Fsp3) is 0.733. The molecule has 1 aromatic rings. The number of halogens is 1. The van der Waals surface area contributed by atoms with Gasteiger partial charge in [0.15, 0.2) is 0 Å². The molecule has 1 unspecified atom stereocenters. The molecule has 1 saturated carbocycles. The lowest BCUT2D eigenvalue weighted by Gasteiger charge is -2.31. The van der Waals surface area contributed by atoms with Crippen LogP contribution >= 0.6 is 27.3 Å². The highest BCUT2D eigenvalue weighted by atomic mass is 79.9. The van der Waals surface area contributed by atoms with Gasteiger partial charge in [-0.15, -0.1) is 11.3 Å². The van der Waals surface area contributed by atoms with E-state index >= 15 is 0 Å². The zero-order chi connectivity index (χ0) is 13.0. The van der Waals surface area contributed by atoms with Gasteiger partial charge in [0.25, 0.3) is 0 Å². The van der Waals surface area contributed by atoms with E-state index in [4.69, 9.17) is 0 Å². The molecule has 2 rings (SSSR count). The fourth-order valence-electron chi connectivity index (χ4n) is 3.10. The van der Waals surface area contributed by atoms with E-state index in [0.29, 0.717) is 5.92 Å². The highest BCUT2D eigenvalue weighted by molar-refractivity contribution is 9.11. The summed E-state index contributed by atoms with van der Waals surface area (Å²) in [6.07, 6.45) is 8.46. The number of aliphatic hydroxyl groups is 1. The molecule has 0 radical (unpaired) electrons. The van der Waals surface area contributed by atoms with E-state index in [1.807, 2.05) is 0 Å². The van der Waals surface area contributed by atoms with E-state index in [1.165, 1.54) is 43.4 Å². The summed E-state index contributed by atoms with van der Waals surface area (Å²) >= 11 is 5.23. The lowest BCUT2D eigenvalue weighted by Crippen LogP contribution is -2.27. The van der Waals surface area contributed by atoms with Gasteiger partial charge in [-0.3, -0.25) is 0 Å². The molecule has 0 bridgehead atoms. The Morgan fingerprint density at radius 2 is 2.06 bits per heavy atom. The van der Waals surface area contributed by atoms with Gasteiger partial charge >= 0.3 is 0 Å². The van der Waals surface area contributed by atoms with Crippen LogP contribution in [0.5, 0.6) is 0 Å². The van der Waals surface area contributed by atoms with Crippen molar-refractivity contribution in [1.82, 2.24) is 0 Å². The molecule has 1 nitrogen and oxygen atoms in total. The molecule has 1 fully saturated rings. The van der Waals surface area contributed by atoms with Gasteiger partial charge in [0.2, 0.25) is 0 Å². The molecule has 3 heteroatoms. The SMILES string of the molecule is CCCC1CCC(C(O)Cc2ccc(Br)s2)CC1. The summed E-state index contributed by atoms with van der Waals surface area (Å²) in [6.45, 7) is 2.27. The number of rotatable bonds is 5. The van der Waals surface area contributed by atoms with Gasteiger partial charge in [-0.25, -0.2) is 0 Å². The second-order valence-corrected chi connectivity index (χ2v) is 8.09. The second-order valence-electron chi connectivity index (χ2n) is 5.55. The molecule has 1 aromatic heterocycles. The van der Waals surface area contributed by atoms with Crippen LogP contribution in [0.3, 0.4) is 0 Å². The Balaban J connectivity index is 1.78. The number of aliphatic hydroxyl groups excluding tert-OH is 1. The van der Waals surface area contributed by atoms with Crippen molar-refractivity contribution in [2.75, 3.05) is 0 Å². The van der Waals surface area contributed by atoms with Gasteiger partial charge < -0.3 is 5.11 Å². The average Bonchev–Trinajstić information content (AvgIpc) is 2.76. The minimum atomic E-state index is -0.141. The van der Waals surface area contributed by atoms with Crippen LogP contribution in [0, 0.1) is 11.8 Å². The molecule has 1 aliphatic carbocycles. The van der Waals surface area contributed by atoms with Gasteiger partial charge in [-0.2, -0.15) is 0 Å². The molecule has 0 aliphatic heterocycles. The van der Waals surface area contributed by atoms with Crippen molar-refractivity contribution in [2.24, 2.45) is 11.8 Å². The van der Waals surface area contributed by atoms with E-state index < -0.39 is 0 Å². The number of thiophene rings is 1. The minimum absolute atomic E-state index is 0.141. The normalized spacial score (nSPS) is 26.2. The molecule has 0 spiro atoms. The maximum Gasteiger partial charge on any atom is 0.0701 e. The third-order valence-electron chi connectivity index (χ3n) is 4.17. The summed E-state index contributed by atoms with van der Waals surface area (Å²) in [4.78, 5) is 1.30. The summed E-state index contributed by atoms with van der Waals surface area (Å²) < 4.78 is 1.16. The minimum Gasteiger partial charge on any atom is -0.392 e. The molecule has 18 heavy (non-hydrogen) atoms. The zero-order valence-electron chi connectivity index (χ0n) is 11.1. The molecule has 1 aliphatic rings. The highest BCUT2D eigenvalue weighted by Gasteiger charge is 2.26. The highest BCUT2D eigenvalue weighted by Crippen LogP contribution is 2.34. The summed E-state index contributed by atoms with van der Waals surface area (Å²) in [7, 11) is 0. The van der Waals surface area contributed by atoms with Crippen LogP contribution in [0.4, 0.5) is 0 Å². The molecule has 0 saturated heterocycles. The Kier molecular flexibility index (Phi) is 5.71. The van der Waals surface area contributed by atoms with Crippen LogP contribution in [0.15, 0.2) is 15.9 Å². The standard InChI is InChI=1S/C15H23BrOS/c1-2-3-11-4-6-12(7-5-11)14(17)10-13-8-9-15(16)18-13/h8-9,11-12,14,17H,2-7,10H2,1H3. The van der Waals surface area contributed by atoms with Crippen molar-refractivity contribution in [3.8, 4) is 0 Å². The van der Waals surface area contributed by atoms with E-state index in [0.717, 1.165) is 16.1 Å². The average molecular weight is 331 g/mol. The molecule has 102 valence electrons. The van der Waals surface area contributed by atoms with Crippen LogP contribution in [-0.4, -0.2) is 11.2 Å². The molecule has 1 atom stereocenters. The molecule has 0 aromatic carbocycles. The zero-order valence-corrected chi connectivity index (χ0v) is 13.5. The van der Waals surface area contributed by atoms with E-state index in [9.17, 15) is 5.11 Å². The van der Waals surface area contributed by atoms with Crippen LogP contribution in [0.1, 0.15) is 50.3 Å². The Bertz CT molecular complexity index is 355. The van der Waals surface area contributed by atoms with Crippen molar-refractivity contribution >= 4 is 27.3 Å². The maximum atomic E-state index is 10.3. The number of hydrogen-bond donors (Lipinski definition) is 1. The second kappa shape index (κ2) is 7.06. The summed E-state index contributed by atoms with van der Waals surface area (Å²) in [5, 5.41) is 10.3. The first-order valence-corrected chi connectivity index (χ1v) is 8.72. The predicted octanol–water partition coefficient (Wildman–Crippen LogP) is 5.02. The predicted molar refractivity (Wildman–Crippen MR) is 82.1 cm³/mol. The summed E-state index contributed by atoms with van der Waals surface area (Å²) in [6, 6.07) is 4.20. The third-order valence-corrected chi connectivity index (χ3v) is 5.82. The van der Waals surface area contributed by atoms with Crippen LogP contribution < -0.4 is 0 Å². The van der Waals surface area contributed by atoms with E-state index in [-0.39, 0.29) is 6.10 Å². The Labute approximate surface area is 123 Å². The van der Waals surface area contributed by atoms with Gasteiger partial charge in [-0.05, 0) is 52.7 Å². The van der Waals surface area contributed by atoms with Crippen molar-refractivity contribution in [3.63, 3.8) is 0 Å². The van der Waals surface area contributed by atoms with E-state index in [1.54, 1.807) is 11.3 Å². The molecular weight excluding hydrogens is 308 g/mol. The van der Waals surface area contributed by atoms with Gasteiger partial charge in [-0.1, -0.05) is 32.6 Å². The Morgan fingerprint density at radius 3 is 2.61 bits per heavy atom. The monoisotopic (exact) mass is 330 g/mol. The van der Waals surface area contributed by atoms with Crippen molar-refractivity contribution in [2.45, 2.75) is 58.0 Å². The smallest absolute Gasteiger partial charge is 0.0701 e. The molecule has 1 heterocycles. The lowest BCUT2D eigenvalue weighted by atomic mass is 9.77. The Hall–Kier alpha value is 0.140. The van der Waals surface area contributed by atoms with Crippen LogP contribution in [0.2, 0.25) is 0 Å². The summed E-state index contributed by atoms with van der Waals surface area (Å²) in [5.41, 5.74) is 0. The largest absolute Gasteiger partial charge is 0.392 e. The first kappa shape index (κ1) is 14.5. The Morgan fingerprint density at radius 1 is 1.33 bits per heavy atom. The van der Waals surface area contributed by atoms with Crippen molar-refractivity contribution in [3.05, 3.63) is 20.8 Å². The van der Waals surface area contributed by atoms with Crippen molar-refractivity contribution < 1.29 is 5.11 Å². The molecule has 0 amide bonds. The molecule has 1 N–H and O–H groups in total. The topological polar surface area (TPSA) is 20.2 Å². The fourth-order valence-corrected chi connectivity index (χ4v) is 4.64. The van der Waals surface area contributed by atoms with Gasteiger partial charge in [0.1, 0.15) is 0 Å². The first-order chi connectivity index (χ1) is 8.69. The number of hydrogen-bond acceptors (Lipinski definition) is 2. The first-order valence-electron chi connectivity index (χ1n) is 7.11. The van der Waals surface area contributed by atoms with Crippen molar-refractivity contribution in [1.29, 1.82) is 0 Å². The third kappa shape index (κ3) is 4.07. The van der Waals surface area contributed by atoms with Crippen LogP contribution in [0.25, 0.3) is 0 Å². The molecular formula is C15H23BrOS. The van der Waals surface area contributed by atoms with Crippen LogP contribution in [-0.2, 0) is 6.42 Å². The summed E-state index contributed by atoms with van der Waals surface area (Å²) in [5.74, 6) is 1.45. The maximum absolute atomic E-state index is 10.3. The van der Waals surface area contributed by atoms with Gasteiger partial charge in [0, 0.05) is 11.3 Å².